The molecule has 1 aromatic rings. The van der Waals surface area contributed by atoms with Crippen molar-refractivity contribution >= 4 is 11.7 Å². The van der Waals surface area contributed by atoms with Gasteiger partial charge in [-0.2, -0.15) is 0 Å². The highest BCUT2D eigenvalue weighted by Gasteiger charge is 2.36. The molecule has 0 aromatic heterocycles. The van der Waals surface area contributed by atoms with Crippen molar-refractivity contribution in [3.8, 4) is 0 Å². The average molecular weight is 262 g/mol. The Hall–Kier alpha value is -1.55. The van der Waals surface area contributed by atoms with Gasteiger partial charge in [-0.3, -0.25) is 0 Å². The summed E-state index contributed by atoms with van der Waals surface area (Å²) in [4.78, 5) is 11.9. The molecule has 3 N–H and O–H groups in total. The molecule has 2 amide bonds. The first-order valence-corrected chi connectivity index (χ1v) is 6.92. The normalized spacial score (nSPS) is 18.3. The van der Waals surface area contributed by atoms with Crippen LogP contribution in [0.15, 0.2) is 24.3 Å². The molecular formula is C15H22N2O2. The number of carbonyl (C=O) groups excluding carboxylic acids is 1. The second-order valence-corrected chi connectivity index (χ2v) is 5.36. The van der Waals surface area contributed by atoms with Crippen LogP contribution < -0.4 is 10.6 Å². The lowest BCUT2D eigenvalue weighted by atomic mass is 9.75. The van der Waals surface area contributed by atoms with Crippen molar-refractivity contribution in [2.75, 3.05) is 5.32 Å². The zero-order valence-electron chi connectivity index (χ0n) is 11.6. The van der Waals surface area contributed by atoms with Gasteiger partial charge in [-0.15, -0.1) is 0 Å². The maximum atomic E-state index is 11.9. The number of rotatable bonds is 4. The molecule has 1 aromatic carbocycles. The highest BCUT2D eigenvalue weighted by Crippen LogP contribution is 2.34. The third-order valence-electron chi connectivity index (χ3n) is 4.02. The molecule has 1 unspecified atom stereocenters. The zero-order chi connectivity index (χ0) is 13.9. The lowest BCUT2D eigenvalue weighted by molar-refractivity contribution is 0.179. The first-order valence-electron chi connectivity index (χ1n) is 6.92. The first-order chi connectivity index (χ1) is 9.04. The van der Waals surface area contributed by atoms with Crippen LogP contribution in [0, 0.1) is 0 Å². The van der Waals surface area contributed by atoms with Crippen molar-refractivity contribution < 1.29 is 9.90 Å². The fraction of sp³-hybridized carbons (Fsp3) is 0.533. The second-order valence-electron chi connectivity index (χ2n) is 5.36. The summed E-state index contributed by atoms with van der Waals surface area (Å²) >= 11 is 0. The van der Waals surface area contributed by atoms with Crippen molar-refractivity contribution in [1.29, 1.82) is 0 Å². The minimum absolute atomic E-state index is 0.00361. The van der Waals surface area contributed by atoms with E-state index in [4.69, 9.17) is 0 Å². The van der Waals surface area contributed by atoms with Gasteiger partial charge in [0.2, 0.25) is 0 Å². The van der Waals surface area contributed by atoms with Gasteiger partial charge >= 0.3 is 6.03 Å². The smallest absolute Gasteiger partial charge is 0.319 e. The molecule has 0 saturated heterocycles. The molecule has 0 bridgehead atoms. The molecule has 1 fully saturated rings. The van der Waals surface area contributed by atoms with E-state index >= 15 is 0 Å². The third kappa shape index (κ3) is 3.26. The van der Waals surface area contributed by atoms with Gasteiger partial charge in [0.05, 0.1) is 6.10 Å². The van der Waals surface area contributed by atoms with Gasteiger partial charge in [-0.1, -0.05) is 19.1 Å². The van der Waals surface area contributed by atoms with Gasteiger partial charge in [0.15, 0.2) is 0 Å². The quantitative estimate of drug-likeness (QED) is 0.780. The van der Waals surface area contributed by atoms with E-state index in [2.05, 4.69) is 17.6 Å². The van der Waals surface area contributed by atoms with E-state index in [-0.39, 0.29) is 11.6 Å². The summed E-state index contributed by atoms with van der Waals surface area (Å²) in [6, 6.07) is 7.10. The Bertz CT molecular complexity index is 430. The van der Waals surface area contributed by atoms with Crippen LogP contribution in [0.3, 0.4) is 0 Å². The minimum Gasteiger partial charge on any atom is -0.389 e. The summed E-state index contributed by atoms with van der Waals surface area (Å²) in [5, 5.41) is 15.3. The molecule has 1 aliphatic carbocycles. The van der Waals surface area contributed by atoms with Crippen LogP contribution in [-0.4, -0.2) is 16.7 Å². The molecule has 0 radical (unpaired) electrons. The number of hydrogen-bond donors (Lipinski definition) is 3. The lowest BCUT2D eigenvalue weighted by Gasteiger charge is -2.41. The summed E-state index contributed by atoms with van der Waals surface area (Å²) in [7, 11) is 0. The lowest BCUT2D eigenvalue weighted by Crippen LogP contribution is -2.54. The number of hydrogen-bond acceptors (Lipinski definition) is 2. The van der Waals surface area contributed by atoms with E-state index < -0.39 is 6.10 Å². The predicted molar refractivity (Wildman–Crippen MR) is 76.1 cm³/mol. The molecule has 0 heterocycles. The highest BCUT2D eigenvalue weighted by molar-refractivity contribution is 5.89. The molecule has 1 atom stereocenters. The summed E-state index contributed by atoms with van der Waals surface area (Å²) in [5.74, 6) is 0. The SMILES string of the molecule is CCC1(NC(=O)Nc2ccc(C(C)O)cc2)CCC1. The number of aliphatic hydroxyl groups is 1. The molecule has 19 heavy (non-hydrogen) atoms. The molecular weight excluding hydrogens is 240 g/mol. The van der Waals surface area contributed by atoms with Gasteiger partial charge in [0.1, 0.15) is 0 Å². The van der Waals surface area contributed by atoms with Crippen LogP contribution in [0.5, 0.6) is 0 Å². The Balaban J connectivity index is 1.91. The van der Waals surface area contributed by atoms with Crippen LogP contribution >= 0.6 is 0 Å². The Morgan fingerprint density at radius 2 is 2.00 bits per heavy atom. The van der Waals surface area contributed by atoms with E-state index in [0.29, 0.717) is 0 Å². The van der Waals surface area contributed by atoms with Crippen LogP contribution in [0.1, 0.15) is 51.2 Å². The fourth-order valence-corrected chi connectivity index (χ4v) is 2.42. The van der Waals surface area contributed by atoms with E-state index in [1.165, 1.54) is 6.42 Å². The van der Waals surface area contributed by atoms with Crippen molar-refractivity contribution in [3.05, 3.63) is 29.8 Å². The van der Waals surface area contributed by atoms with Crippen molar-refractivity contribution in [3.63, 3.8) is 0 Å². The van der Waals surface area contributed by atoms with Crippen LogP contribution in [-0.2, 0) is 0 Å². The number of nitrogens with one attached hydrogen (secondary N) is 2. The monoisotopic (exact) mass is 262 g/mol. The minimum atomic E-state index is -0.485. The van der Waals surface area contributed by atoms with Gasteiger partial charge < -0.3 is 15.7 Å². The van der Waals surface area contributed by atoms with E-state index in [9.17, 15) is 9.90 Å². The maximum Gasteiger partial charge on any atom is 0.319 e. The summed E-state index contributed by atoms with van der Waals surface area (Å²) in [6.07, 6.45) is 3.81. The summed E-state index contributed by atoms with van der Waals surface area (Å²) < 4.78 is 0. The Kier molecular flexibility index (Phi) is 4.10. The van der Waals surface area contributed by atoms with Crippen molar-refractivity contribution in [1.82, 2.24) is 5.32 Å². The molecule has 1 saturated carbocycles. The molecule has 1 aliphatic rings. The van der Waals surface area contributed by atoms with Gasteiger partial charge in [0, 0.05) is 11.2 Å². The molecule has 0 spiro atoms. The number of urea groups is 1. The van der Waals surface area contributed by atoms with Crippen LogP contribution in [0.25, 0.3) is 0 Å². The van der Waals surface area contributed by atoms with E-state index in [0.717, 1.165) is 30.5 Å². The molecule has 0 aliphatic heterocycles. The van der Waals surface area contributed by atoms with Crippen molar-refractivity contribution in [2.45, 2.75) is 51.2 Å². The zero-order valence-corrected chi connectivity index (χ0v) is 11.6. The third-order valence-corrected chi connectivity index (χ3v) is 4.02. The summed E-state index contributed by atoms with van der Waals surface area (Å²) in [5.41, 5.74) is 1.59. The predicted octanol–water partition coefficient (Wildman–Crippen LogP) is 3.19. The number of amides is 2. The topological polar surface area (TPSA) is 61.4 Å². The fourth-order valence-electron chi connectivity index (χ4n) is 2.42. The maximum absolute atomic E-state index is 11.9. The Morgan fingerprint density at radius 1 is 1.37 bits per heavy atom. The van der Waals surface area contributed by atoms with E-state index in [1.54, 1.807) is 19.1 Å². The van der Waals surface area contributed by atoms with Gasteiger partial charge in [0.25, 0.3) is 0 Å². The Morgan fingerprint density at radius 3 is 2.42 bits per heavy atom. The number of anilines is 1. The average Bonchev–Trinajstić information content (AvgIpc) is 2.34. The molecule has 4 nitrogen and oxygen atoms in total. The molecule has 104 valence electrons. The Labute approximate surface area is 114 Å². The van der Waals surface area contributed by atoms with Crippen molar-refractivity contribution in [2.24, 2.45) is 0 Å². The highest BCUT2D eigenvalue weighted by atomic mass is 16.3. The standard InChI is InChI=1S/C15H22N2O2/c1-3-15(9-4-10-15)17-14(19)16-13-7-5-12(6-8-13)11(2)18/h5-8,11,18H,3-4,9-10H2,1-2H3,(H2,16,17,19). The number of aliphatic hydroxyl groups excluding tert-OH is 1. The van der Waals surface area contributed by atoms with E-state index in [1.807, 2.05) is 12.1 Å². The molecule has 4 heteroatoms. The number of benzene rings is 1. The molecule has 2 rings (SSSR count). The largest absolute Gasteiger partial charge is 0.389 e. The van der Waals surface area contributed by atoms with Gasteiger partial charge in [-0.25, -0.2) is 4.79 Å². The summed E-state index contributed by atoms with van der Waals surface area (Å²) in [6.45, 7) is 3.83. The second kappa shape index (κ2) is 5.61. The number of carbonyl (C=O) groups is 1. The first kappa shape index (κ1) is 13.9. The van der Waals surface area contributed by atoms with Gasteiger partial charge in [-0.05, 0) is 50.3 Å². The van der Waals surface area contributed by atoms with Crippen LogP contribution in [0.4, 0.5) is 10.5 Å². The van der Waals surface area contributed by atoms with Crippen LogP contribution in [0.2, 0.25) is 0 Å².